The van der Waals surface area contributed by atoms with Gasteiger partial charge in [0.15, 0.2) is 5.43 Å². The lowest BCUT2D eigenvalue weighted by molar-refractivity contribution is 0.0486. The number of benzene rings is 2. The lowest BCUT2D eigenvalue weighted by atomic mass is 9.98. The Balaban J connectivity index is 1.71. The summed E-state index contributed by atoms with van der Waals surface area (Å²) in [6.45, 7) is 1.06. The zero-order valence-corrected chi connectivity index (χ0v) is 16.9. The van der Waals surface area contributed by atoms with Crippen LogP contribution in [0.3, 0.4) is 0 Å². The number of hydrogen-bond donors (Lipinski definition) is 0. The summed E-state index contributed by atoms with van der Waals surface area (Å²) in [4.78, 5) is 28.3. The highest BCUT2D eigenvalue weighted by atomic mass is 35.5. The summed E-state index contributed by atoms with van der Waals surface area (Å²) in [6.07, 6.45) is 1.76. The second-order valence-corrected chi connectivity index (χ2v) is 8.15. The molecule has 0 saturated carbocycles. The molecule has 2 aromatic carbocycles. The van der Waals surface area contributed by atoms with E-state index in [1.165, 1.54) is 0 Å². The summed E-state index contributed by atoms with van der Waals surface area (Å²) in [5, 5.41) is 1.23. The molecule has 1 saturated heterocycles. The van der Waals surface area contributed by atoms with E-state index < -0.39 is 6.04 Å². The SMILES string of the molecule is O=C1c2oc3ccccc3c(=O)c2[C@@H](c2ccc(Cl)c(Cl)c2)N1C[C@@H]1CCCO1. The van der Waals surface area contributed by atoms with Crippen molar-refractivity contribution in [1.29, 1.82) is 0 Å². The molecular weight excluding hydrogens is 413 g/mol. The van der Waals surface area contributed by atoms with Gasteiger partial charge in [0.05, 0.1) is 33.1 Å². The number of carbonyl (C=O) groups is 1. The third-order valence-corrected chi connectivity index (χ3v) is 6.30. The molecule has 0 aliphatic carbocycles. The Hall–Kier alpha value is -2.34. The highest BCUT2D eigenvalue weighted by Crippen LogP contribution is 2.40. The minimum Gasteiger partial charge on any atom is -0.450 e. The molecule has 0 unspecified atom stereocenters. The van der Waals surface area contributed by atoms with E-state index in [1.807, 2.05) is 0 Å². The maximum Gasteiger partial charge on any atom is 0.291 e. The van der Waals surface area contributed by atoms with Crippen molar-refractivity contribution in [3.63, 3.8) is 0 Å². The first-order valence-corrected chi connectivity index (χ1v) is 10.2. The maximum atomic E-state index is 13.4. The highest BCUT2D eigenvalue weighted by Gasteiger charge is 2.44. The second kappa shape index (κ2) is 7.17. The van der Waals surface area contributed by atoms with Crippen molar-refractivity contribution in [3.05, 3.63) is 79.6 Å². The van der Waals surface area contributed by atoms with E-state index in [1.54, 1.807) is 47.4 Å². The first kappa shape index (κ1) is 18.7. The van der Waals surface area contributed by atoms with E-state index in [4.69, 9.17) is 32.4 Å². The molecule has 5 rings (SSSR count). The van der Waals surface area contributed by atoms with Gasteiger partial charge in [-0.3, -0.25) is 9.59 Å². The molecule has 148 valence electrons. The highest BCUT2D eigenvalue weighted by molar-refractivity contribution is 6.42. The molecule has 0 radical (unpaired) electrons. The minimum atomic E-state index is -0.600. The van der Waals surface area contributed by atoms with Gasteiger partial charge in [-0.15, -0.1) is 0 Å². The number of amides is 1. The molecule has 0 N–H and O–H groups in total. The quantitative estimate of drug-likeness (QED) is 0.598. The summed E-state index contributed by atoms with van der Waals surface area (Å²) < 4.78 is 11.7. The summed E-state index contributed by atoms with van der Waals surface area (Å²) in [5.41, 5.74) is 1.25. The van der Waals surface area contributed by atoms with Crippen LogP contribution >= 0.6 is 23.2 Å². The van der Waals surface area contributed by atoms with E-state index in [0.717, 1.165) is 12.8 Å². The lowest BCUT2D eigenvalue weighted by Crippen LogP contribution is -2.36. The maximum absolute atomic E-state index is 13.4. The van der Waals surface area contributed by atoms with E-state index in [9.17, 15) is 9.59 Å². The summed E-state index contributed by atoms with van der Waals surface area (Å²) in [6, 6.07) is 11.5. The Morgan fingerprint density at radius 3 is 2.66 bits per heavy atom. The van der Waals surface area contributed by atoms with Gasteiger partial charge in [0.1, 0.15) is 5.58 Å². The third kappa shape index (κ3) is 3.05. The van der Waals surface area contributed by atoms with Gasteiger partial charge in [-0.1, -0.05) is 41.4 Å². The zero-order valence-electron chi connectivity index (χ0n) is 15.4. The third-order valence-electron chi connectivity index (χ3n) is 5.56. The lowest BCUT2D eigenvalue weighted by Gasteiger charge is -2.27. The molecule has 3 heterocycles. The van der Waals surface area contributed by atoms with Crippen LogP contribution in [0.2, 0.25) is 10.0 Å². The van der Waals surface area contributed by atoms with Crippen molar-refractivity contribution in [2.24, 2.45) is 0 Å². The largest absolute Gasteiger partial charge is 0.450 e. The van der Waals surface area contributed by atoms with Crippen LogP contribution in [0.1, 0.15) is 40.6 Å². The number of ether oxygens (including phenoxy) is 1. The predicted octanol–water partition coefficient (Wildman–Crippen LogP) is 4.82. The van der Waals surface area contributed by atoms with Gasteiger partial charge in [-0.05, 0) is 42.7 Å². The monoisotopic (exact) mass is 429 g/mol. The standard InChI is InChI=1S/C22H17Cl2NO4/c23-15-8-7-12(10-16(15)24)19-18-20(26)14-5-1-2-6-17(14)29-21(18)22(27)25(19)11-13-4-3-9-28-13/h1-2,5-8,10,13,19H,3-4,9,11H2/t13-,19+/m0/s1. The number of carbonyl (C=O) groups excluding carboxylic acids is 1. The number of nitrogens with zero attached hydrogens (tertiary/aromatic N) is 1. The average Bonchev–Trinajstić information content (AvgIpc) is 3.32. The molecule has 0 bridgehead atoms. The first-order valence-electron chi connectivity index (χ1n) is 9.48. The van der Waals surface area contributed by atoms with Gasteiger partial charge >= 0.3 is 0 Å². The van der Waals surface area contributed by atoms with Crippen LogP contribution in [0, 0.1) is 0 Å². The van der Waals surface area contributed by atoms with Gasteiger partial charge in [-0.25, -0.2) is 0 Å². The molecule has 5 nitrogen and oxygen atoms in total. The van der Waals surface area contributed by atoms with E-state index >= 15 is 0 Å². The molecule has 7 heteroatoms. The smallest absolute Gasteiger partial charge is 0.291 e. The fourth-order valence-corrected chi connectivity index (χ4v) is 4.50. The fraction of sp³-hybridized carbons (Fsp3) is 0.273. The number of halogens is 2. The number of para-hydroxylation sites is 1. The Labute approximate surface area is 176 Å². The first-order chi connectivity index (χ1) is 14.0. The van der Waals surface area contributed by atoms with Crippen molar-refractivity contribution in [1.82, 2.24) is 4.90 Å². The topological polar surface area (TPSA) is 59.8 Å². The molecular formula is C22H17Cl2NO4. The van der Waals surface area contributed by atoms with Crippen LogP contribution in [-0.4, -0.2) is 30.1 Å². The van der Waals surface area contributed by atoms with Gasteiger partial charge in [0.2, 0.25) is 5.76 Å². The molecule has 2 aliphatic rings. The molecule has 3 aromatic rings. The van der Waals surface area contributed by atoms with Crippen LogP contribution in [0.15, 0.2) is 51.7 Å². The summed E-state index contributed by atoms with van der Waals surface area (Å²) >= 11 is 12.3. The molecule has 2 atom stereocenters. The molecule has 2 aliphatic heterocycles. The van der Waals surface area contributed by atoms with Crippen molar-refractivity contribution >= 4 is 40.1 Å². The normalized spacial score (nSPS) is 21.2. The molecule has 0 spiro atoms. The Bertz CT molecular complexity index is 1180. The van der Waals surface area contributed by atoms with Gasteiger partial charge in [0.25, 0.3) is 5.91 Å². The fourth-order valence-electron chi connectivity index (χ4n) is 4.19. The van der Waals surface area contributed by atoms with Gasteiger partial charge < -0.3 is 14.1 Å². The van der Waals surface area contributed by atoms with Crippen LogP contribution in [0.5, 0.6) is 0 Å². The van der Waals surface area contributed by atoms with Crippen molar-refractivity contribution in [2.75, 3.05) is 13.2 Å². The second-order valence-electron chi connectivity index (χ2n) is 7.34. The Morgan fingerprint density at radius 2 is 1.90 bits per heavy atom. The molecule has 29 heavy (non-hydrogen) atoms. The van der Waals surface area contributed by atoms with Gasteiger partial charge in [0, 0.05) is 13.2 Å². The van der Waals surface area contributed by atoms with E-state index in [2.05, 4.69) is 0 Å². The minimum absolute atomic E-state index is 0.0666. The van der Waals surface area contributed by atoms with Crippen LogP contribution < -0.4 is 5.43 Å². The van der Waals surface area contributed by atoms with Crippen molar-refractivity contribution in [3.8, 4) is 0 Å². The molecule has 1 amide bonds. The summed E-state index contributed by atoms with van der Waals surface area (Å²) in [5.74, 6) is -0.225. The predicted molar refractivity (Wildman–Crippen MR) is 111 cm³/mol. The number of hydrogen-bond acceptors (Lipinski definition) is 4. The Kier molecular flexibility index (Phi) is 4.62. The number of rotatable bonds is 3. The molecule has 1 aromatic heterocycles. The van der Waals surface area contributed by atoms with Crippen LogP contribution in [-0.2, 0) is 4.74 Å². The molecule has 1 fully saturated rings. The Morgan fingerprint density at radius 1 is 1.07 bits per heavy atom. The van der Waals surface area contributed by atoms with E-state index in [-0.39, 0.29) is 23.2 Å². The zero-order chi connectivity index (χ0) is 20.1. The van der Waals surface area contributed by atoms with Crippen molar-refractivity contribution in [2.45, 2.75) is 25.0 Å². The van der Waals surface area contributed by atoms with Crippen molar-refractivity contribution < 1.29 is 13.9 Å². The van der Waals surface area contributed by atoms with Crippen LogP contribution in [0.25, 0.3) is 11.0 Å². The van der Waals surface area contributed by atoms with Crippen LogP contribution in [0.4, 0.5) is 0 Å². The summed E-state index contributed by atoms with van der Waals surface area (Å²) in [7, 11) is 0. The average molecular weight is 430 g/mol. The van der Waals surface area contributed by atoms with E-state index in [0.29, 0.717) is 45.3 Å². The number of fused-ring (bicyclic) bond motifs is 2. The van der Waals surface area contributed by atoms with Gasteiger partial charge in [-0.2, -0.15) is 0 Å².